The number of hydrogen-bond donors (Lipinski definition) is 0. The first-order chi connectivity index (χ1) is 8.08. The molecule has 0 radical (unpaired) electrons. The fourth-order valence-electron chi connectivity index (χ4n) is 1.91. The Morgan fingerprint density at radius 3 is 2.94 bits per heavy atom. The van der Waals surface area contributed by atoms with E-state index in [0.717, 1.165) is 4.47 Å². The largest absolute Gasteiger partial charge is 0.337 e. The Labute approximate surface area is 108 Å². The molecule has 0 aliphatic carbocycles. The highest BCUT2D eigenvalue weighted by Crippen LogP contribution is 2.17. The number of carbonyl (C=O) groups excluding carboxylic acids is 2. The molecule has 4 nitrogen and oxygen atoms in total. The van der Waals surface area contributed by atoms with Gasteiger partial charge in [0.05, 0.1) is 5.56 Å². The lowest BCUT2D eigenvalue weighted by atomic mass is 9.98. The summed E-state index contributed by atoms with van der Waals surface area (Å²) < 4.78 is 0.782. The van der Waals surface area contributed by atoms with Crippen LogP contribution in [-0.4, -0.2) is 34.7 Å². The molecular weight excluding hydrogens is 284 g/mol. The first-order valence-electron chi connectivity index (χ1n) is 5.50. The molecule has 17 heavy (non-hydrogen) atoms. The van der Waals surface area contributed by atoms with Crippen molar-refractivity contribution in [2.24, 2.45) is 5.92 Å². The Morgan fingerprint density at radius 2 is 2.29 bits per heavy atom. The van der Waals surface area contributed by atoms with Crippen LogP contribution in [0.25, 0.3) is 0 Å². The van der Waals surface area contributed by atoms with Gasteiger partial charge in [0.1, 0.15) is 5.78 Å². The number of pyridine rings is 1. The minimum atomic E-state index is -0.0622. The summed E-state index contributed by atoms with van der Waals surface area (Å²) in [5, 5.41) is 0. The van der Waals surface area contributed by atoms with Crippen molar-refractivity contribution in [2.75, 3.05) is 13.1 Å². The number of amides is 1. The molecule has 0 aromatic carbocycles. The molecule has 1 fully saturated rings. The number of nitrogens with zero attached hydrogens (tertiary/aromatic N) is 2. The molecule has 0 spiro atoms. The Balaban J connectivity index is 2.13. The third kappa shape index (κ3) is 2.72. The van der Waals surface area contributed by atoms with Crippen molar-refractivity contribution in [3.05, 3.63) is 28.5 Å². The number of likely N-dealkylation sites (tertiary alicyclic amines) is 1. The number of ketones is 1. The van der Waals surface area contributed by atoms with Crippen molar-refractivity contribution in [3.63, 3.8) is 0 Å². The van der Waals surface area contributed by atoms with Crippen LogP contribution in [0.15, 0.2) is 22.9 Å². The van der Waals surface area contributed by atoms with E-state index >= 15 is 0 Å². The Morgan fingerprint density at radius 1 is 1.53 bits per heavy atom. The van der Waals surface area contributed by atoms with Crippen LogP contribution in [0.5, 0.6) is 0 Å². The predicted molar refractivity (Wildman–Crippen MR) is 66.6 cm³/mol. The number of rotatable bonds is 1. The number of halogens is 1. The summed E-state index contributed by atoms with van der Waals surface area (Å²) in [5.41, 5.74) is 0.556. The molecule has 0 bridgehead atoms. The van der Waals surface area contributed by atoms with E-state index in [0.29, 0.717) is 25.1 Å². The minimum Gasteiger partial charge on any atom is -0.337 e. The second-order valence-corrected chi connectivity index (χ2v) is 5.18. The molecule has 1 atom stereocenters. The monoisotopic (exact) mass is 296 g/mol. The SMILES string of the molecule is CC1CN(C(=O)c2cncc(Br)c2)CCC1=O. The highest BCUT2D eigenvalue weighted by atomic mass is 79.9. The maximum Gasteiger partial charge on any atom is 0.255 e. The molecule has 90 valence electrons. The Hall–Kier alpha value is -1.23. The summed E-state index contributed by atoms with van der Waals surface area (Å²) in [6, 6.07) is 1.75. The van der Waals surface area contributed by atoms with Crippen LogP contribution in [0.4, 0.5) is 0 Å². The van der Waals surface area contributed by atoms with Crippen LogP contribution in [0.1, 0.15) is 23.7 Å². The summed E-state index contributed by atoms with van der Waals surface area (Å²) in [7, 11) is 0. The van der Waals surface area contributed by atoms with Crippen molar-refractivity contribution in [1.82, 2.24) is 9.88 Å². The van der Waals surface area contributed by atoms with Gasteiger partial charge in [0.2, 0.25) is 0 Å². The fraction of sp³-hybridized carbons (Fsp3) is 0.417. The summed E-state index contributed by atoms with van der Waals surface area (Å²) in [4.78, 5) is 29.2. The van der Waals surface area contributed by atoms with E-state index in [9.17, 15) is 9.59 Å². The second kappa shape index (κ2) is 4.96. The van der Waals surface area contributed by atoms with E-state index in [4.69, 9.17) is 0 Å². The first-order valence-corrected chi connectivity index (χ1v) is 6.30. The van der Waals surface area contributed by atoms with Crippen LogP contribution >= 0.6 is 15.9 Å². The van der Waals surface area contributed by atoms with Crippen LogP contribution in [0.3, 0.4) is 0 Å². The fourth-order valence-corrected chi connectivity index (χ4v) is 2.28. The van der Waals surface area contributed by atoms with E-state index in [1.807, 2.05) is 6.92 Å². The Kier molecular flexibility index (Phi) is 3.57. The van der Waals surface area contributed by atoms with E-state index in [-0.39, 0.29) is 17.6 Å². The molecular formula is C12H13BrN2O2. The van der Waals surface area contributed by atoms with E-state index < -0.39 is 0 Å². The van der Waals surface area contributed by atoms with Gasteiger partial charge in [0.25, 0.3) is 5.91 Å². The third-order valence-electron chi connectivity index (χ3n) is 2.91. The van der Waals surface area contributed by atoms with E-state index in [1.54, 1.807) is 23.4 Å². The standard InChI is InChI=1S/C12H13BrN2O2/c1-8-7-15(3-2-11(8)16)12(17)9-4-10(13)6-14-5-9/h4-6,8H,2-3,7H2,1H3. The summed E-state index contributed by atoms with van der Waals surface area (Å²) in [5.74, 6) is 0.118. The lowest BCUT2D eigenvalue weighted by molar-refractivity contribution is -0.124. The van der Waals surface area contributed by atoms with Gasteiger partial charge in [-0.2, -0.15) is 0 Å². The van der Waals surface area contributed by atoms with Gasteiger partial charge in [-0.1, -0.05) is 6.92 Å². The molecule has 1 aromatic heterocycles. The molecule has 1 aromatic rings. The van der Waals surface area contributed by atoms with Crippen molar-refractivity contribution in [1.29, 1.82) is 0 Å². The van der Waals surface area contributed by atoms with Crippen molar-refractivity contribution in [2.45, 2.75) is 13.3 Å². The predicted octanol–water partition coefficient (Wildman–Crippen LogP) is 1.90. The Bertz CT molecular complexity index is 462. The summed E-state index contributed by atoms with van der Waals surface area (Å²) >= 11 is 3.29. The number of piperidine rings is 1. The quantitative estimate of drug-likeness (QED) is 0.795. The lowest BCUT2D eigenvalue weighted by Gasteiger charge is -2.30. The van der Waals surface area contributed by atoms with Crippen molar-refractivity contribution >= 4 is 27.6 Å². The van der Waals surface area contributed by atoms with Gasteiger partial charge in [0.15, 0.2) is 0 Å². The zero-order valence-corrected chi connectivity index (χ0v) is 11.1. The molecule has 1 unspecified atom stereocenters. The number of aromatic nitrogens is 1. The van der Waals surface area contributed by atoms with Crippen LogP contribution in [-0.2, 0) is 4.79 Å². The highest BCUT2D eigenvalue weighted by Gasteiger charge is 2.27. The zero-order chi connectivity index (χ0) is 12.4. The van der Waals surface area contributed by atoms with Gasteiger partial charge in [-0.25, -0.2) is 0 Å². The minimum absolute atomic E-state index is 0.0573. The molecule has 1 aliphatic heterocycles. The molecule has 2 rings (SSSR count). The van der Waals surface area contributed by atoms with E-state index in [2.05, 4.69) is 20.9 Å². The molecule has 5 heteroatoms. The third-order valence-corrected chi connectivity index (χ3v) is 3.34. The van der Waals surface area contributed by atoms with Gasteiger partial charge >= 0.3 is 0 Å². The first kappa shape index (κ1) is 12.2. The van der Waals surface area contributed by atoms with Gasteiger partial charge in [-0.05, 0) is 22.0 Å². The average molecular weight is 297 g/mol. The molecule has 1 saturated heterocycles. The summed E-state index contributed by atoms with van der Waals surface area (Å²) in [6.07, 6.45) is 3.64. The zero-order valence-electron chi connectivity index (χ0n) is 9.52. The maximum absolute atomic E-state index is 12.2. The lowest BCUT2D eigenvalue weighted by Crippen LogP contribution is -2.43. The molecule has 1 amide bonds. The number of carbonyl (C=O) groups is 2. The molecule has 1 aliphatic rings. The smallest absolute Gasteiger partial charge is 0.255 e. The van der Waals surface area contributed by atoms with Crippen LogP contribution in [0, 0.1) is 5.92 Å². The molecule has 0 saturated carbocycles. The normalized spacial score (nSPS) is 20.5. The average Bonchev–Trinajstić information content (AvgIpc) is 2.32. The topological polar surface area (TPSA) is 50.3 Å². The van der Waals surface area contributed by atoms with Gasteiger partial charge in [-0.15, -0.1) is 0 Å². The molecule has 0 N–H and O–H groups in total. The van der Waals surface area contributed by atoms with Gasteiger partial charge in [0, 0.05) is 42.3 Å². The number of hydrogen-bond acceptors (Lipinski definition) is 3. The van der Waals surface area contributed by atoms with Gasteiger partial charge < -0.3 is 4.90 Å². The highest BCUT2D eigenvalue weighted by molar-refractivity contribution is 9.10. The van der Waals surface area contributed by atoms with Crippen LogP contribution < -0.4 is 0 Å². The number of Topliss-reactive ketones (excluding diaryl/α,β-unsaturated/α-hetero) is 1. The second-order valence-electron chi connectivity index (χ2n) is 4.26. The summed E-state index contributed by atoms with van der Waals surface area (Å²) in [6.45, 7) is 2.87. The van der Waals surface area contributed by atoms with Crippen molar-refractivity contribution < 1.29 is 9.59 Å². The van der Waals surface area contributed by atoms with Crippen LogP contribution in [0.2, 0.25) is 0 Å². The van der Waals surface area contributed by atoms with Crippen molar-refractivity contribution in [3.8, 4) is 0 Å². The van der Waals surface area contributed by atoms with E-state index in [1.165, 1.54) is 0 Å². The van der Waals surface area contributed by atoms with Gasteiger partial charge in [-0.3, -0.25) is 14.6 Å². The molecule has 2 heterocycles. The maximum atomic E-state index is 12.2.